The smallest absolute Gasteiger partial charge is 0.187 e. The number of rotatable bonds is 10. The molecule has 206 valence electrons. The van der Waals surface area contributed by atoms with Gasteiger partial charge in [0.25, 0.3) is 0 Å². The highest BCUT2D eigenvalue weighted by atomic mass is 16.8. The van der Waals surface area contributed by atoms with Crippen LogP contribution in [0.1, 0.15) is 28.5 Å². The van der Waals surface area contributed by atoms with Crippen molar-refractivity contribution in [1.29, 1.82) is 0 Å². The number of fused-ring (bicyclic) bond motifs is 1. The van der Waals surface area contributed by atoms with Crippen LogP contribution in [0.15, 0.2) is 121 Å². The Morgan fingerprint density at radius 2 is 1.00 bits per heavy atom. The molecule has 0 aliphatic carbocycles. The maximum absolute atomic E-state index is 6.64. The lowest BCUT2D eigenvalue weighted by Gasteiger charge is -2.49. The van der Waals surface area contributed by atoms with Crippen molar-refractivity contribution in [2.24, 2.45) is 0 Å². The molecule has 2 aliphatic heterocycles. The van der Waals surface area contributed by atoms with Crippen molar-refractivity contribution < 1.29 is 28.4 Å². The Labute approximate surface area is 235 Å². The zero-order valence-electron chi connectivity index (χ0n) is 22.3. The lowest BCUT2D eigenvalue weighted by molar-refractivity contribution is -0.374. The second kappa shape index (κ2) is 13.3. The summed E-state index contributed by atoms with van der Waals surface area (Å²) >= 11 is 0. The quantitative estimate of drug-likeness (QED) is 0.239. The van der Waals surface area contributed by atoms with Crippen LogP contribution in [0.25, 0.3) is 0 Å². The van der Waals surface area contributed by atoms with E-state index < -0.39 is 30.9 Å². The molecule has 0 spiro atoms. The van der Waals surface area contributed by atoms with E-state index in [1.165, 1.54) is 0 Å². The SMILES string of the molecule is c1ccc(CO[C@H]2O[C@@H]3CO[C@H](c4ccccc4)O[C@@H]3[C@H](OCc3ccccc3)[C@H]2OCc2ccccc2)cc1. The summed E-state index contributed by atoms with van der Waals surface area (Å²) in [5.41, 5.74) is 4.13. The van der Waals surface area contributed by atoms with E-state index in [4.69, 9.17) is 28.4 Å². The maximum Gasteiger partial charge on any atom is 0.187 e. The lowest BCUT2D eigenvalue weighted by Crippen LogP contribution is -2.63. The van der Waals surface area contributed by atoms with Gasteiger partial charge in [-0.1, -0.05) is 121 Å². The Bertz CT molecular complexity index is 1290. The van der Waals surface area contributed by atoms with Gasteiger partial charge in [-0.25, -0.2) is 0 Å². The fourth-order valence-electron chi connectivity index (χ4n) is 5.11. The minimum atomic E-state index is -0.675. The van der Waals surface area contributed by atoms with Crippen molar-refractivity contribution in [3.63, 3.8) is 0 Å². The van der Waals surface area contributed by atoms with Crippen molar-refractivity contribution in [3.8, 4) is 0 Å². The van der Waals surface area contributed by atoms with Crippen molar-refractivity contribution in [2.45, 2.75) is 56.8 Å². The molecule has 2 heterocycles. The molecule has 4 aromatic carbocycles. The van der Waals surface area contributed by atoms with Crippen LogP contribution in [0.5, 0.6) is 0 Å². The van der Waals surface area contributed by atoms with Crippen molar-refractivity contribution in [2.75, 3.05) is 6.61 Å². The van der Waals surface area contributed by atoms with Crippen LogP contribution in [0, 0.1) is 0 Å². The second-order valence-corrected chi connectivity index (χ2v) is 10.0. The molecule has 2 saturated heterocycles. The van der Waals surface area contributed by atoms with Gasteiger partial charge in [0.1, 0.15) is 24.4 Å². The van der Waals surface area contributed by atoms with Crippen molar-refractivity contribution in [3.05, 3.63) is 144 Å². The molecule has 6 rings (SSSR count). The number of hydrogen-bond acceptors (Lipinski definition) is 6. The molecular formula is C34H34O6. The summed E-state index contributed by atoms with van der Waals surface area (Å²) < 4.78 is 38.8. The molecule has 0 aromatic heterocycles. The topological polar surface area (TPSA) is 55.4 Å². The minimum absolute atomic E-state index is 0.353. The predicted molar refractivity (Wildman–Crippen MR) is 150 cm³/mol. The molecule has 6 atom stereocenters. The highest BCUT2D eigenvalue weighted by molar-refractivity contribution is 5.18. The zero-order chi connectivity index (χ0) is 27.0. The minimum Gasteiger partial charge on any atom is -0.368 e. The van der Waals surface area contributed by atoms with Gasteiger partial charge in [0, 0.05) is 5.56 Å². The number of ether oxygens (including phenoxy) is 6. The molecule has 40 heavy (non-hydrogen) atoms. The van der Waals surface area contributed by atoms with E-state index in [0.29, 0.717) is 26.4 Å². The highest BCUT2D eigenvalue weighted by Gasteiger charge is 2.51. The van der Waals surface area contributed by atoms with Crippen molar-refractivity contribution in [1.82, 2.24) is 0 Å². The van der Waals surface area contributed by atoms with Gasteiger partial charge in [0.15, 0.2) is 12.6 Å². The molecule has 6 nitrogen and oxygen atoms in total. The van der Waals surface area contributed by atoms with Crippen LogP contribution in [0.2, 0.25) is 0 Å². The molecular weight excluding hydrogens is 504 g/mol. The van der Waals surface area contributed by atoms with Gasteiger partial charge in [-0.2, -0.15) is 0 Å². The average Bonchev–Trinajstić information content (AvgIpc) is 3.03. The van der Waals surface area contributed by atoms with E-state index in [0.717, 1.165) is 22.3 Å². The monoisotopic (exact) mass is 538 g/mol. The third-order valence-electron chi connectivity index (χ3n) is 7.18. The first kappa shape index (κ1) is 26.8. The Kier molecular flexibility index (Phi) is 8.95. The van der Waals surface area contributed by atoms with E-state index in [2.05, 4.69) is 12.1 Å². The first-order chi connectivity index (χ1) is 19.8. The second-order valence-electron chi connectivity index (χ2n) is 10.0. The third kappa shape index (κ3) is 6.67. The fraction of sp³-hybridized carbons (Fsp3) is 0.294. The molecule has 0 N–H and O–H groups in total. The van der Waals surface area contributed by atoms with Crippen LogP contribution in [0.4, 0.5) is 0 Å². The van der Waals surface area contributed by atoms with E-state index >= 15 is 0 Å². The van der Waals surface area contributed by atoms with Gasteiger partial charge in [-0.05, 0) is 16.7 Å². The van der Waals surface area contributed by atoms with Crippen LogP contribution in [0.3, 0.4) is 0 Å². The summed E-state index contributed by atoms with van der Waals surface area (Å²) in [7, 11) is 0. The Morgan fingerprint density at radius 1 is 0.525 bits per heavy atom. The van der Waals surface area contributed by atoms with Gasteiger partial charge >= 0.3 is 0 Å². The lowest BCUT2D eigenvalue weighted by atomic mass is 9.97. The Morgan fingerprint density at radius 3 is 1.55 bits per heavy atom. The largest absolute Gasteiger partial charge is 0.368 e. The summed E-state index contributed by atoms with van der Waals surface area (Å²) in [6.45, 7) is 1.53. The standard InChI is InChI=1S/C34H34O6/c1-5-13-25(14-6-1)21-35-31-30-29(24-38-33(40-30)28-19-11-4-12-20-28)39-34(37-23-27-17-9-3-10-18-27)32(31)36-22-26-15-7-2-8-16-26/h1-20,29-34H,21-24H2/t29-,30+,31+,32-,33+,34+/m1/s1. The van der Waals surface area contributed by atoms with Gasteiger partial charge in [-0.15, -0.1) is 0 Å². The van der Waals surface area contributed by atoms with Crippen LogP contribution < -0.4 is 0 Å². The average molecular weight is 539 g/mol. The van der Waals surface area contributed by atoms with Gasteiger partial charge in [0.05, 0.1) is 26.4 Å². The van der Waals surface area contributed by atoms with E-state index in [1.54, 1.807) is 0 Å². The first-order valence-electron chi connectivity index (χ1n) is 13.8. The maximum atomic E-state index is 6.64. The molecule has 4 aromatic rings. The zero-order valence-corrected chi connectivity index (χ0v) is 22.3. The van der Waals surface area contributed by atoms with Crippen LogP contribution >= 0.6 is 0 Å². The summed E-state index contributed by atoms with van der Waals surface area (Å²) in [6.07, 6.45) is -2.99. The summed E-state index contributed by atoms with van der Waals surface area (Å²) in [4.78, 5) is 0. The van der Waals surface area contributed by atoms with Crippen LogP contribution in [-0.4, -0.2) is 37.3 Å². The van der Waals surface area contributed by atoms with E-state index in [-0.39, 0.29) is 6.10 Å². The first-order valence-corrected chi connectivity index (χ1v) is 13.8. The Hall–Kier alpha value is -3.36. The van der Waals surface area contributed by atoms with Gasteiger partial charge < -0.3 is 28.4 Å². The summed E-state index contributed by atoms with van der Waals surface area (Å²) in [6, 6.07) is 40.2. The van der Waals surface area contributed by atoms with E-state index in [1.807, 2.05) is 109 Å². The molecule has 6 heteroatoms. The van der Waals surface area contributed by atoms with Crippen LogP contribution in [-0.2, 0) is 48.2 Å². The van der Waals surface area contributed by atoms with Gasteiger partial charge in [-0.3, -0.25) is 0 Å². The summed E-state index contributed by atoms with van der Waals surface area (Å²) in [5.74, 6) is 0. The Balaban J connectivity index is 1.27. The van der Waals surface area contributed by atoms with Gasteiger partial charge in [0.2, 0.25) is 0 Å². The van der Waals surface area contributed by atoms with Crippen molar-refractivity contribution >= 4 is 0 Å². The highest BCUT2D eigenvalue weighted by Crippen LogP contribution is 2.37. The molecule has 0 amide bonds. The molecule has 2 aliphatic rings. The number of benzene rings is 4. The molecule has 0 unspecified atom stereocenters. The summed E-state index contributed by atoms with van der Waals surface area (Å²) in [5, 5.41) is 0. The normalized spacial score (nSPS) is 26.2. The number of hydrogen-bond donors (Lipinski definition) is 0. The molecule has 0 saturated carbocycles. The fourth-order valence-corrected chi connectivity index (χ4v) is 5.11. The third-order valence-corrected chi connectivity index (χ3v) is 7.18. The predicted octanol–water partition coefficient (Wildman–Crippen LogP) is 6.21. The molecule has 0 radical (unpaired) electrons. The van der Waals surface area contributed by atoms with E-state index in [9.17, 15) is 0 Å². The molecule has 2 fully saturated rings. The molecule has 0 bridgehead atoms.